The highest BCUT2D eigenvalue weighted by atomic mass is 16.5. The predicted molar refractivity (Wildman–Crippen MR) is 73.8 cm³/mol. The van der Waals surface area contributed by atoms with E-state index in [4.69, 9.17) is 4.74 Å². The minimum atomic E-state index is -0.883. The number of ether oxygens (including phenoxy) is 1. The Kier molecular flexibility index (Phi) is 5.07. The lowest BCUT2D eigenvalue weighted by molar-refractivity contribution is -0.128. The topological polar surface area (TPSA) is 88.3 Å². The van der Waals surface area contributed by atoms with Gasteiger partial charge >= 0.3 is 5.97 Å². The second kappa shape index (κ2) is 6.36. The summed E-state index contributed by atoms with van der Waals surface area (Å²) in [6, 6.07) is 0. The van der Waals surface area contributed by atoms with Crippen LogP contribution >= 0.6 is 0 Å². The largest absolute Gasteiger partial charge is 0.448 e. The van der Waals surface area contributed by atoms with Crippen LogP contribution in [0.15, 0.2) is 0 Å². The van der Waals surface area contributed by atoms with Gasteiger partial charge in [0.05, 0.1) is 0 Å². The lowest BCUT2D eigenvalue weighted by Gasteiger charge is -2.12. The number of aryl methyl sites for hydroxylation is 1. The number of carbonyl (C=O) groups excluding carboxylic acids is 3. The van der Waals surface area contributed by atoms with E-state index >= 15 is 0 Å². The van der Waals surface area contributed by atoms with Gasteiger partial charge in [0.1, 0.15) is 5.69 Å². The Bertz CT molecular complexity index is 546. The molecular weight excluding hydrogens is 260 g/mol. The first-order valence-electron chi connectivity index (χ1n) is 6.48. The average Bonchev–Trinajstić information content (AvgIpc) is 2.64. The Hall–Kier alpha value is -2.11. The predicted octanol–water partition coefficient (Wildman–Crippen LogP) is 1.52. The molecule has 1 rings (SSSR count). The van der Waals surface area contributed by atoms with Crippen molar-refractivity contribution in [3.05, 3.63) is 22.5 Å². The maximum atomic E-state index is 12.0. The zero-order chi connectivity index (χ0) is 15.4. The number of hydrogen-bond donors (Lipinski definition) is 2. The molecule has 1 aromatic heterocycles. The normalized spacial score (nSPS) is 11.8. The third kappa shape index (κ3) is 3.26. The first-order chi connectivity index (χ1) is 9.29. The van der Waals surface area contributed by atoms with Crippen molar-refractivity contribution in [1.29, 1.82) is 0 Å². The minimum absolute atomic E-state index is 0.118. The number of ketones is 1. The molecule has 0 saturated heterocycles. The van der Waals surface area contributed by atoms with Crippen LogP contribution in [0.1, 0.15) is 52.9 Å². The van der Waals surface area contributed by atoms with Gasteiger partial charge < -0.3 is 15.0 Å². The van der Waals surface area contributed by atoms with Crippen LogP contribution in [0.3, 0.4) is 0 Å². The fourth-order valence-corrected chi connectivity index (χ4v) is 2.07. The molecule has 1 heterocycles. The standard InChI is InChI=1S/C14H20N2O4/c1-6-15-13(18)10(5)20-14(19)12-7(2)11(9(4)17)8(3)16-12/h10,16H,6H2,1-5H3,(H,15,18). The fourth-order valence-electron chi connectivity index (χ4n) is 2.07. The van der Waals surface area contributed by atoms with Gasteiger partial charge in [0.25, 0.3) is 5.91 Å². The molecule has 0 saturated carbocycles. The summed E-state index contributed by atoms with van der Waals surface area (Å²) < 4.78 is 5.09. The van der Waals surface area contributed by atoms with Crippen molar-refractivity contribution in [3.8, 4) is 0 Å². The molecule has 6 heteroatoms. The highest BCUT2D eigenvalue weighted by molar-refractivity contribution is 6.01. The Morgan fingerprint density at radius 1 is 1.30 bits per heavy atom. The molecule has 0 fully saturated rings. The number of hydrogen-bond acceptors (Lipinski definition) is 4. The maximum absolute atomic E-state index is 12.0. The molecule has 0 aliphatic heterocycles. The lowest BCUT2D eigenvalue weighted by Crippen LogP contribution is -2.35. The van der Waals surface area contributed by atoms with E-state index in [1.54, 1.807) is 20.8 Å². The van der Waals surface area contributed by atoms with Crippen molar-refractivity contribution in [2.24, 2.45) is 0 Å². The molecule has 1 aromatic rings. The quantitative estimate of drug-likeness (QED) is 0.632. The number of likely N-dealkylation sites (N-methyl/N-ethyl adjacent to an activating group) is 1. The third-order valence-electron chi connectivity index (χ3n) is 3.00. The second-order valence-corrected chi connectivity index (χ2v) is 4.62. The summed E-state index contributed by atoms with van der Waals surface area (Å²) in [6.45, 7) is 8.58. The Labute approximate surface area is 117 Å². The Morgan fingerprint density at radius 3 is 2.35 bits per heavy atom. The minimum Gasteiger partial charge on any atom is -0.448 e. The van der Waals surface area contributed by atoms with Crippen molar-refractivity contribution >= 4 is 17.7 Å². The molecule has 20 heavy (non-hydrogen) atoms. The maximum Gasteiger partial charge on any atom is 0.355 e. The molecule has 2 N–H and O–H groups in total. The second-order valence-electron chi connectivity index (χ2n) is 4.62. The number of esters is 1. The lowest BCUT2D eigenvalue weighted by atomic mass is 10.1. The van der Waals surface area contributed by atoms with E-state index in [2.05, 4.69) is 10.3 Å². The summed E-state index contributed by atoms with van der Waals surface area (Å²) in [4.78, 5) is 37.9. The molecule has 0 radical (unpaired) electrons. The van der Waals surface area contributed by atoms with E-state index in [0.717, 1.165) is 0 Å². The number of nitrogens with one attached hydrogen (secondary N) is 2. The third-order valence-corrected chi connectivity index (χ3v) is 3.00. The van der Waals surface area contributed by atoms with Crippen LogP contribution in [-0.2, 0) is 9.53 Å². The summed E-state index contributed by atoms with van der Waals surface area (Å²) >= 11 is 0. The molecule has 1 unspecified atom stereocenters. The van der Waals surface area contributed by atoms with Gasteiger partial charge in [0.2, 0.25) is 0 Å². The van der Waals surface area contributed by atoms with Gasteiger partial charge in [0.15, 0.2) is 11.9 Å². The van der Waals surface area contributed by atoms with Crippen LogP contribution in [0.5, 0.6) is 0 Å². The number of carbonyl (C=O) groups is 3. The smallest absolute Gasteiger partial charge is 0.355 e. The zero-order valence-electron chi connectivity index (χ0n) is 12.4. The van der Waals surface area contributed by atoms with Crippen LogP contribution in [-0.4, -0.2) is 35.3 Å². The van der Waals surface area contributed by atoms with Crippen molar-refractivity contribution in [1.82, 2.24) is 10.3 Å². The molecular formula is C14H20N2O4. The number of Topliss-reactive ketones (excluding diaryl/α,β-unsaturated/α-hetero) is 1. The average molecular weight is 280 g/mol. The van der Waals surface area contributed by atoms with Crippen LogP contribution in [0.2, 0.25) is 0 Å². The molecule has 1 atom stereocenters. The first kappa shape index (κ1) is 15.9. The summed E-state index contributed by atoms with van der Waals surface area (Å²) in [5.74, 6) is -1.11. The van der Waals surface area contributed by atoms with E-state index in [1.165, 1.54) is 13.8 Å². The Balaban J connectivity index is 2.91. The van der Waals surface area contributed by atoms with Crippen LogP contribution in [0.4, 0.5) is 0 Å². The number of amides is 1. The molecule has 110 valence electrons. The monoisotopic (exact) mass is 280 g/mol. The van der Waals surface area contributed by atoms with E-state index in [0.29, 0.717) is 23.4 Å². The number of aromatic amines is 1. The van der Waals surface area contributed by atoms with Crippen molar-refractivity contribution in [2.75, 3.05) is 6.54 Å². The van der Waals surface area contributed by atoms with E-state index < -0.39 is 12.1 Å². The van der Waals surface area contributed by atoms with Gasteiger partial charge in [-0.3, -0.25) is 9.59 Å². The molecule has 0 aliphatic rings. The molecule has 0 bridgehead atoms. The molecule has 0 aliphatic carbocycles. The van der Waals surface area contributed by atoms with Gasteiger partial charge in [-0.15, -0.1) is 0 Å². The van der Waals surface area contributed by atoms with Crippen LogP contribution in [0, 0.1) is 13.8 Å². The van der Waals surface area contributed by atoms with Gasteiger partial charge in [0, 0.05) is 17.8 Å². The van der Waals surface area contributed by atoms with Gasteiger partial charge in [-0.1, -0.05) is 0 Å². The van der Waals surface area contributed by atoms with E-state index in [-0.39, 0.29) is 17.4 Å². The molecule has 0 aromatic carbocycles. The van der Waals surface area contributed by atoms with Gasteiger partial charge in [-0.2, -0.15) is 0 Å². The number of rotatable bonds is 5. The SMILES string of the molecule is CCNC(=O)C(C)OC(=O)c1[nH]c(C)c(C(C)=O)c1C. The van der Waals surface area contributed by atoms with E-state index in [1.807, 2.05) is 0 Å². The zero-order valence-corrected chi connectivity index (χ0v) is 12.4. The Morgan fingerprint density at radius 2 is 1.90 bits per heavy atom. The highest BCUT2D eigenvalue weighted by Crippen LogP contribution is 2.19. The molecule has 6 nitrogen and oxygen atoms in total. The van der Waals surface area contributed by atoms with Crippen LogP contribution < -0.4 is 5.32 Å². The van der Waals surface area contributed by atoms with Crippen molar-refractivity contribution < 1.29 is 19.1 Å². The molecule has 1 amide bonds. The van der Waals surface area contributed by atoms with Crippen molar-refractivity contribution in [3.63, 3.8) is 0 Å². The summed E-state index contributed by atoms with van der Waals surface area (Å²) in [5.41, 5.74) is 1.86. The summed E-state index contributed by atoms with van der Waals surface area (Å²) in [6.07, 6.45) is -0.883. The summed E-state index contributed by atoms with van der Waals surface area (Å²) in [7, 11) is 0. The van der Waals surface area contributed by atoms with Crippen molar-refractivity contribution in [2.45, 2.75) is 40.7 Å². The number of aromatic nitrogens is 1. The molecule has 0 spiro atoms. The van der Waals surface area contributed by atoms with Gasteiger partial charge in [-0.05, 0) is 40.2 Å². The van der Waals surface area contributed by atoms with Gasteiger partial charge in [-0.25, -0.2) is 4.79 Å². The number of H-pyrrole nitrogens is 1. The van der Waals surface area contributed by atoms with E-state index in [9.17, 15) is 14.4 Å². The highest BCUT2D eigenvalue weighted by Gasteiger charge is 2.24. The summed E-state index contributed by atoms with van der Waals surface area (Å²) in [5, 5.41) is 2.57. The first-order valence-corrected chi connectivity index (χ1v) is 6.48. The van der Waals surface area contributed by atoms with Crippen LogP contribution in [0.25, 0.3) is 0 Å². The fraction of sp³-hybridized carbons (Fsp3) is 0.500.